The standard InChI is InChI=1S/C18H17FN6O/c1-18(26)5-11(6-18)23-17-22-8-13-12(7-21-15(13)24-17)10-4-14(19)16-20-2-3-25(16)9-10/h2-4,7-9,11,26H,5-6H2,1H3,(H2,21,22,23,24). The van der Waals surface area contributed by atoms with E-state index in [0.29, 0.717) is 30.1 Å². The Morgan fingerprint density at radius 2 is 2.23 bits per heavy atom. The lowest BCUT2D eigenvalue weighted by atomic mass is 9.77. The molecule has 0 unspecified atom stereocenters. The van der Waals surface area contributed by atoms with Gasteiger partial charge in [0.1, 0.15) is 5.65 Å². The number of fused-ring (bicyclic) bond motifs is 2. The Labute approximate surface area is 147 Å². The molecule has 4 aromatic rings. The maximum absolute atomic E-state index is 14.2. The second kappa shape index (κ2) is 5.25. The summed E-state index contributed by atoms with van der Waals surface area (Å²) in [4.78, 5) is 16.0. The summed E-state index contributed by atoms with van der Waals surface area (Å²) in [6, 6.07) is 1.64. The van der Waals surface area contributed by atoms with Crippen LogP contribution in [0.2, 0.25) is 0 Å². The van der Waals surface area contributed by atoms with E-state index in [0.717, 1.165) is 16.5 Å². The van der Waals surface area contributed by atoms with E-state index in [1.807, 2.05) is 13.1 Å². The molecule has 7 nitrogen and oxygen atoms in total. The number of aromatic amines is 1. The number of pyridine rings is 1. The van der Waals surface area contributed by atoms with Crippen molar-refractivity contribution in [3.05, 3.63) is 42.9 Å². The van der Waals surface area contributed by atoms with E-state index in [4.69, 9.17) is 0 Å². The highest BCUT2D eigenvalue weighted by Crippen LogP contribution is 2.34. The predicted octanol–water partition coefficient (Wildman–Crippen LogP) is 2.74. The molecule has 4 heterocycles. The molecule has 26 heavy (non-hydrogen) atoms. The minimum absolute atomic E-state index is 0.176. The van der Waals surface area contributed by atoms with Crippen LogP contribution in [-0.4, -0.2) is 41.1 Å². The summed E-state index contributed by atoms with van der Waals surface area (Å²) in [5, 5.41) is 13.9. The molecule has 0 amide bonds. The Kier molecular flexibility index (Phi) is 3.08. The summed E-state index contributed by atoms with van der Waals surface area (Å²) in [6.45, 7) is 1.82. The fraction of sp³-hybridized carbons (Fsp3) is 0.278. The van der Waals surface area contributed by atoms with E-state index < -0.39 is 5.60 Å². The molecule has 0 saturated heterocycles. The number of aromatic nitrogens is 5. The fourth-order valence-electron chi connectivity index (χ4n) is 3.64. The van der Waals surface area contributed by atoms with Gasteiger partial charge >= 0.3 is 0 Å². The monoisotopic (exact) mass is 352 g/mol. The molecule has 0 spiro atoms. The summed E-state index contributed by atoms with van der Waals surface area (Å²) in [5.74, 6) is 0.140. The Hall–Kier alpha value is -3.00. The Balaban J connectivity index is 1.49. The molecular formula is C18H17FN6O. The first-order valence-corrected chi connectivity index (χ1v) is 8.44. The van der Waals surface area contributed by atoms with Crippen molar-refractivity contribution in [3.63, 3.8) is 0 Å². The molecular weight excluding hydrogens is 335 g/mol. The topological polar surface area (TPSA) is 91.1 Å². The van der Waals surface area contributed by atoms with Crippen LogP contribution in [0.1, 0.15) is 19.8 Å². The highest BCUT2D eigenvalue weighted by Gasteiger charge is 2.38. The Morgan fingerprint density at radius 1 is 1.38 bits per heavy atom. The second-order valence-corrected chi connectivity index (χ2v) is 7.14. The minimum Gasteiger partial charge on any atom is -0.390 e. The van der Waals surface area contributed by atoms with E-state index >= 15 is 0 Å². The van der Waals surface area contributed by atoms with Gasteiger partial charge in [0.25, 0.3) is 0 Å². The van der Waals surface area contributed by atoms with E-state index in [9.17, 15) is 9.50 Å². The molecule has 132 valence electrons. The van der Waals surface area contributed by atoms with Crippen molar-refractivity contribution >= 4 is 22.6 Å². The molecule has 1 saturated carbocycles. The quantitative estimate of drug-likeness (QED) is 0.527. The third-order valence-electron chi connectivity index (χ3n) is 4.89. The van der Waals surface area contributed by atoms with Gasteiger partial charge in [0, 0.05) is 53.5 Å². The van der Waals surface area contributed by atoms with Crippen molar-refractivity contribution in [1.29, 1.82) is 0 Å². The van der Waals surface area contributed by atoms with Crippen molar-refractivity contribution in [1.82, 2.24) is 24.3 Å². The first kappa shape index (κ1) is 15.3. The van der Waals surface area contributed by atoms with Crippen molar-refractivity contribution in [2.24, 2.45) is 0 Å². The van der Waals surface area contributed by atoms with Gasteiger partial charge in [0.15, 0.2) is 11.5 Å². The highest BCUT2D eigenvalue weighted by atomic mass is 19.1. The average Bonchev–Trinajstić information content (AvgIpc) is 3.19. The van der Waals surface area contributed by atoms with Crippen LogP contribution < -0.4 is 5.32 Å². The molecule has 0 aliphatic heterocycles. The van der Waals surface area contributed by atoms with Crippen molar-refractivity contribution in [2.75, 3.05) is 5.32 Å². The lowest BCUT2D eigenvalue weighted by Gasteiger charge is -2.41. The Morgan fingerprint density at radius 3 is 3.04 bits per heavy atom. The summed E-state index contributed by atoms with van der Waals surface area (Å²) in [6.07, 6.45) is 9.98. The number of H-pyrrole nitrogens is 1. The highest BCUT2D eigenvalue weighted by molar-refractivity contribution is 5.93. The zero-order chi connectivity index (χ0) is 17.9. The van der Waals surface area contributed by atoms with Gasteiger partial charge < -0.3 is 19.8 Å². The van der Waals surface area contributed by atoms with Crippen LogP contribution in [-0.2, 0) is 0 Å². The van der Waals surface area contributed by atoms with Crippen LogP contribution >= 0.6 is 0 Å². The number of hydrogen-bond donors (Lipinski definition) is 3. The zero-order valence-corrected chi connectivity index (χ0v) is 14.1. The molecule has 1 fully saturated rings. The SMILES string of the molecule is CC1(O)CC(Nc2ncc3c(-c4cc(F)c5nccn5c4)c[nH]c3n2)C1. The molecule has 3 N–H and O–H groups in total. The van der Waals surface area contributed by atoms with Gasteiger partial charge in [-0.05, 0) is 25.8 Å². The maximum atomic E-state index is 14.2. The smallest absolute Gasteiger partial charge is 0.224 e. The lowest BCUT2D eigenvalue weighted by Crippen LogP contribution is -2.48. The van der Waals surface area contributed by atoms with Gasteiger partial charge in [-0.2, -0.15) is 4.98 Å². The van der Waals surface area contributed by atoms with Crippen LogP contribution in [0.3, 0.4) is 0 Å². The van der Waals surface area contributed by atoms with Gasteiger partial charge in [-0.15, -0.1) is 0 Å². The summed E-state index contributed by atoms with van der Waals surface area (Å²) in [5.41, 5.74) is 1.92. The largest absolute Gasteiger partial charge is 0.390 e. The summed E-state index contributed by atoms with van der Waals surface area (Å²) in [7, 11) is 0. The van der Waals surface area contributed by atoms with Crippen molar-refractivity contribution in [3.8, 4) is 11.1 Å². The molecule has 0 atom stereocenters. The molecule has 5 rings (SSSR count). The second-order valence-electron chi connectivity index (χ2n) is 7.14. The van der Waals surface area contributed by atoms with E-state index in [2.05, 4.69) is 25.3 Å². The number of nitrogens with one attached hydrogen (secondary N) is 2. The third-order valence-corrected chi connectivity index (χ3v) is 4.89. The van der Waals surface area contributed by atoms with Crippen molar-refractivity contribution in [2.45, 2.75) is 31.4 Å². The van der Waals surface area contributed by atoms with Crippen LogP contribution in [0.15, 0.2) is 37.1 Å². The van der Waals surface area contributed by atoms with Gasteiger partial charge in [-0.25, -0.2) is 14.4 Å². The Bertz CT molecular complexity index is 1120. The third kappa shape index (κ3) is 2.41. The predicted molar refractivity (Wildman–Crippen MR) is 95.3 cm³/mol. The van der Waals surface area contributed by atoms with Gasteiger partial charge in [-0.1, -0.05) is 0 Å². The van der Waals surface area contributed by atoms with Crippen LogP contribution in [0, 0.1) is 5.82 Å². The number of aliphatic hydroxyl groups is 1. The number of rotatable bonds is 3. The van der Waals surface area contributed by atoms with Gasteiger partial charge in [-0.3, -0.25) is 0 Å². The molecule has 1 aliphatic rings. The van der Waals surface area contributed by atoms with E-state index in [1.165, 1.54) is 6.07 Å². The van der Waals surface area contributed by atoms with Crippen molar-refractivity contribution < 1.29 is 9.50 Å². The van der Waals surface area contributed by atoms with E-state index in [1.54, 1.807) is 29.2 Å². The normalized spacial score (nSPS) is 22.7. The first-order chi connectivity index (χ1) is 12.5. The van der Waals surface area contributed by atoms with Crippen LogP contribution in [0.4, 0.5) is 10.3 Å². The number of halogens is 1. The minimum atomic E-state index is -0.600. The lowest BCUT2D eigenvalue weighted by molar-refractivity contribution is -0.0235. The number of anilines is 1. The first-order valence-electron chi connectivity index (χ1n) is 8.44. The van der Waals surface area contributed by atoms with Crippen LogP contribution in [0.25, 0.3) is 27.8 Å². The number of imidazole rings is 1. The summed E-state index contributed by atoms with van der Waals surface area (Å²) < 4.78 is 15.9. The van der Waals surface area contributed by atoms with E-state index in [-0.39, 0.29) is 11.9 Å². The maximum Gasteiger partial charge on any atom is 0.224 e. The van der Waals surface area contributed by atoms with Gasteiger partial charge in [0.2, 0.25) is 5.95 Å². The average molecular weight is 352 g/mol. The molecule has 4 aromatic heterocycles. The van der Waals surface area contributed by atoms with Gasteiger partial charge in [0.05, 0.1) is 5.60 Å². The fourth-order valence-corrected chi connectivity index (χ4v) is 3.64. The van der Waals surface area contributed by atoms with Crippen LogP contribution in [0.5, 0.6) is 0 Å². The number of hydrogen-bond acceptors (Lipinski definition) is 5. The molecule has 8 heteroatoms. The molecule has 0 aromatic carbocycles. The number of nitrogens with zero attached hydrogens (tertiary/aromatic N) is 4. The summed E-state index contributed by atoms with van der Waals surface area (Å²) >= 11 is 0. The molecule has 0 bridgehead atoms. The molecule has 1 aliphatic carbocycles. The zero-order valence-electron chi connectivity index (χ0n) is 14.1. The molecule has 0 radical (unpaired) electrons.